The molecule has 0 spiro atoms. The molecule has 0 saturated carbocycles. The summed E-state index contributed by atoms with van der Waals surface area (Å²) in [4.78, 5) is 6.89. The van der Waals surface area contributed by atoms with Crippen LogP contribution in [-0.4, -0.2) is 43.6 Å². The van der Waals surface area contributed by atoms with Gasteiger partial charge in [-0.15, -0.1) is 0 Å². The van der Waals surface area contributed by atoms with Crippen molar-refractivity contribution in [1.82, 2.24) is 10.2 Å². The maximum absolute atomic E-state index is 5.96. The zero-order valence-corrected chi connectivity index (χ0v) is 13.0. The molecule has 116 valence electrons. The summed E-state index contributed by atoms with van der Waals surface area (Å²) in [7, 11) is 1.67. The van der Waals surface area contributed by atoms with Gasteiger partial charge in [0.05, 0.1) is 13.7 Å². The third-order valence-corrected chi connectivity index (χ3v) is 4.04. The van der Waals surface area contributed by atoms with Gasteiger partial charge < -0.3 is 15.8 Å². The van der Waals surface area contributed by atoms with Crippen LogP contribution in [0.25, 0.3) is 0 Å². The number of nitrogens with one attached hydrogen (secondary N) is 1. The Morgan fingerprint density at radius 3 is 3.05 bits per heavy atom. The van der Waals surface area contributed by atoms with Gasteiger partial charge in [0.2, 0.25) is 0 Å². The normalized spacial score (nSPS) is 19.7. The van der Waals surface area contributed by atoms with Crippen LogP contribution < -0.4 is 15.8 Å². The van der Waals surface area contributed by atoms with Crippen LogP contribution in [0.4, 0.5) is 0 Å². The van der Waals surface area contributed by atoms with Crippen LogP contribution in [0.5, 0.6) is 5.75 Å². The maximum Gasteiger partial charge on any atom is 0.188 e. The first kappa shape index (κ1) is 15.6. The Labute approximate surface area is 127 Å². The molecule has 3 N–H and O–H groups in total. The first-order chi connectivity index (χ1) is 10.2. The van der Waals surface area contributed by atoms with Crippen molar-refractivity contribution in [3.63, 3.8) is 0 Å². The SMILES string of the molecule is CCN1CCCC1CNC(N)=NCc1ccccc1OC. The molecule has 0 bridgehead atoms. The van der Waals surface area contributed by atoms with Crippen molar-refractivity contribution in [2.75, 3.05) is 26.7 Å². The van der Waals surface area contributed by atoms with Crippen molar-refractivity contribution in [3.05, 3.63) is 29.8 Å². The zero-order chi connectivity index (χ0) is 15.1. The molecular weight excluding hydrogens is 264 g/mol. The highest BCUT2D eigenvalue weighted by atomic mass is 16.5. The summed E-state index contributed by atoms with van der Waals surface area (Å²) in [5, 5.41) is 3.24. The lowest BCUT2D eigenvalue weighted by atomic mass is 10.2. The first-order valence-corrected chi connectivity index (χ1v) is 7.64. The summed E-state index contributed by atoms with van der Waals surface area (Å²) in [5.41, 5.74) is 7.00. The van der Waals surface area contributed by atoms with Crippen LogP contribution in [-0.2, 0) is 6.54 Å². The second-order valence-corrected chi connectivity index (χ2v) is 5.32. The highest BCUT2D eigenvalue weighted by Gasteiger charge is 2.22. The van der Waals surface area contributed by atoms with E-state index in [9.17, 15) is 0 Å². The number of likely N-dealkylation sites (N-methyl/N-ethyl adjacent to an activating group) is 1. The van der Waals surface area contributed by atoms with E-state index in [4.69, 9.17) is 10.5 Å². The fourth-order valence-corrected chi connectivity index (χ4v) is 2.82. The number of methoxy groups -OCH3 is 1. The summed E-state index contributed by atoms with van der Waals surface area (Å²) in [6.07, 6.45) is 2.51. The van der Waals surface area contributed by atoms with Crippen LogP contribution in [0.1, 0.15) is 25.3 Å². The lowest BCUT2D eigenvalue weighted by Gasteiger charge is -2.23. The monoisotopic (exact) mass is 290 g/mol. The van der Waals surface area contributed by atoms with E-state index in [2.05, 4.69) is 22.1 Å². The van der Waals surface area contributed by atoms with Crippen molar-refractivity contribution in [2.45, 2.75) is 32.4 Å². The van der Waals surface area contributed by atoms with Gasteiger partial charge in [0, 0.05) is 18.2 Å². The molecule has 1 fully saturated rings. The van der Waals surface area contributed by atoms with Crippen LogP contribution in [0, 0.1) is 0 Å². The summed E-state index contributed by atoms with van der Waals surface area (Å²) in [6.45, 7) is 5.91. The molecule has 0 aliphatic carbocycles. The fraction of sp³-hybridized carbons (Fsp3) is 0.562. The second-order valence-electron chi connectivity index (χ2n) is 5.32. The Kier molecular flexibility index (Phi) is 5.87. The molecule has 5 heteroatoms. The Bertz CT molecular complexity index is 475. The topological polar surface area (TPSA) is 62.9 Å². The average molecular weight is 290 g/mol. The first-order valence-electron chi connectivity index (χ1n) is 7.64. The molecule has 0 radical (unpaired) electrons. The van der Waals surface area contributed by atoms with Crippen molar-refractivity contribution in [1.29, 1.82) is 0 Å². The number of hydrogen-bond donors (Lipinski definition) is 2. The molecule has 1 aromatic carbocycles. The smallest absolute Gasteiger partial charge is 0.188 e. The van der Waals surface area contributed by atoms with Gasteiger partial charge in [0.1, 0.15) is 5.75 Å². The molecule has 2 rings (SSSR count). The molecule has 1 aliphatic rings. The summed E-state index contributed by atoms with van der Waals surface area (Å²) in [6, 6.07) is 8.45. The minimum Gasteiger partial charge on any atom is -0.496 e. The Morgan fingerprint density at radius 1 is 1.48 bits per heavy atom. The van der Waals surface area contributed by atoms with E-state index >= 15 is 0 Å². The van der Waals surface area contributed by atoms with Gasteiger partial charge in [-0.1, -0.05) is 25.1 Å². The summed E-state index contributed by atoms with van der Waals surface area (Å²) < 4.78 is 5.31. The van der Waals surface area contributed by atoms with Crippen molar-refractivity contribution in [3.8, 4) is 5.75 Å². The Hall–Kier alpha value is -1.75. The molecule has 1 atom stereocenters. The average Bonchev–Trinajstić information content (AvgIpc) is 2.98. The molecule has 0 aromatic heterocycles. The molecule has 1 aromatic rings. The lowest BCUT2D eigenvalue weighted by molar-refractivity contribution is 0.267. The van der Waals surface area contributed by atoms with E-state index in [-0.39, 0.29) is 0 Å². The second kappa shape index (κ2) is 7.88. The van der Waals surface area contributed by atoms with E-state index in [1.807, 2.05) is 24.3 Å². The molecule has 1 unspecified atom stereocenters. The van der Waals surface area contributed by atoms with Crippen LogP contribution >= 0.6 is 0 Å². The largest absolute Gasteiger partial charge is 0.496 e. The van der Waals surface area contributed by atoms with Crippen LogP contribution in [0.3, 0.4) is 0 Å². The highest BCUT2D eigenvalue weighted by molar-refractivity contribution is 5.77. The van der Waals surface area contributed by atoms with Gasteiger partial charge in [0.25, 0.3) is 0 Å². The third-order valence-electron chi connectivity index (χ3n) is 4.04. The zero-order valence-electron chi connectivity index (χ0n) is 13.0. The quantitative estimate of drug-likeness (QED) is 0.617. The number of rotatable bonds is 6. The minimum absolute atomic E-state index is 0.504. The molecule has 5 nitrogen and oxygen atoms in total. The van der Waals surface area contributed by atoms with E-state index in [1.165, 1.54) is 19.4 Å². The van der Waals surface area contributed by atoms with Crippen LogP contribution in [0.2, 0.25) is 0 Å². The minimum atomic E-state index is 0.504. The number of guanidine groups is 1. The van der Waals surface area contributed by atoms with Crippen LogP contribution in [0.15, 0.2) is 29.3 Å². The third kappa shape index (κ3) is 4.36. The van der Waals surface area contributed by atoms with Gasteiger partial charge in [-0.3, -0.25) is 4.90 Å². The molecule has 21 heavy (non-hydrogen) atoms. The number of nitrogens with zero attached hydrogens (tertiary/aromatic N) is 2. The van der Waals surface area contributed by atoms with Gasteiger partial charge in [-0.25, -0.2) is 4.99 Å². The molecule has 1 aliphatic heterocycles. The van der Waals surface area contributed by atoms with Crippen molar-refractivity contribution < 1.29 is 4.74 Å². The molecule has 1 saturated heterocycles. The Balaban J connectivity index is 1.84. The summed E-state index contributed by atoms with van der Waals surface area (Å²) in [5.74, 6) is 1.35. The van der Waals surface area contributed by atoms with Gasteiger partial charge in [-0.05, 0) is 32.0 Å². The Morgan fingerprint density at radius 2 is 2.29 bits per heavy atom. The van der Waals surface area contributed by atoms with Crippen molar-refractivity contribution >= 4 is 5.96 Å². The number of aliphatic imine (C=N–C) groups is 1. The lowest BCUT2D eigenvalue weighted by Crippen LogP contribution is -2.42. The van der Waals surface area contributed by atoms with E-state index in [0.717, 1.165) is 24.4 Å². The summed E-state index contributed by atoms with van der Waals surface area (Å²) >= 11 is 0. The predicted octanol–water partition coefficient (Wildman–Crippen LogP) is 1.58. The van der Waals surface area contributed by atoms with E-state index < -0.39 is 0 Å². The fourth-order valence-electron chi connectivity index (χ4n) is 2.82. The van der Waals surface area contributed by atoms with Gasteiger partial charge in [-0.2, -0.15) is 0 Å². The van der Waals surface area contributed by atoms with Gasteiger partial charge in [0.15, 0.2) is 5.96 Å². The molecule has 0 amide bonds. The van der Waals surface area contributed by atoms with E-state index in [1.54, 1.807) is 7.11 Å². The number of nitrogens with two attached hydrogens (primary N) is 1. The number of ether oxygens (including phenoxy) is 1. The van der Waals surface area contributed by atoms with Crippen molar-refractivity contribution in [2.24, 2.45) is 10.7 Å². The molecule has 1 heterocycles. The van der Waals surface area contributed by atoms with E-state index in [0.29, 0.717) is 18.5 Å². The maximum atomic E-state index is 5.96. The number of para-hydroxylation sites is 1. The van der Waals surface area contributed by atoms with Gasteiger partial charge >= 0.3 is 0 Å². The molecular formula is C16H26N4O. The standard InChI is InChI=1S/C16H26N4O/c1-3-20-10-6-8-14(20)12-19-16(17)18-11-13-7-4-5-9-15(13)21-2/h4-5,7,9,14H,3,6,8,10-12H2,1-2H3,(H3,17,18,19). The number of hydrogen-bond acceptors (Lipinski definition) is 3. The highest BCUT2D eigenvalue weighted by Crippen LogP contribution is 2.18. The number of benzene rings is 1. The number of likely N-dealkylation sites (tertiary alicyclic amines) is 1. The predicted molar refractivity (Wildman–Crippen MR) is 86.6 cm³/mol.